The summed E-state index contributed by atoms with van der Waals surface area (Å²) in [5.74, 6) is 1.59. The molecule has 1 saturated carbocycles. The Bertz CT molecular complexity index is 801. The van der Waals surface area contributed by atoms with E-state index < -0.39 is 0 Å². The Kier molecular flexibility index (Phi) is 6.44. The maximum atomic E-state index is 13.0. The molecule has 1 unspecified atom stereocenters. The van der Waals surface area contributed by atoms with Crippen molar-refractivity contribution in [2.24, 2.45) is 5.92 Å². The number of hydrogen-bond acceptors (Lipinski definition) is 4. The molecule has 1 aromatic carbocycles. The Balaban J connectivity index is 1.25. The first-order valence-electron chi connectivity index (χ1n) is 10.6. The van der Waals surface area contributed by atoms with Crippen LogP contribution in [-0.4, -0.2) is 46.8 Å². The van der Waals surface area contributed by atoms with Crippen LogP contribution in [-0.2, 0) is 4.79 Å². The summed E-state index contributed by atoms with van der Waals surface area (Å²) in [6.07, 6.45) is 8.61. The molecule has 6 nitrogen and oxygen atoms in total. The van der Waals surface area contributed by atoms with Gasteiger partial charge in [0.2, 0.25) is 5.91 Å². The largest absolute Gasteiger partial charge is 0.493 e. The van der Waals surface area contributed by atoms with Crippen molar-refractivity contribution < 1.29 is 13.9 Å². The minimum absolute atomic E-state index is 0.00449. The predicted molar refractivity (Wildman–Crippen MR) is 109 cm³/mol. The zero-order chi connectivity index (χ0) is 20.1. The summed E-state index contributed by atoms with van der Waals surface area (Å²) in [5, 5.41) is 7.46. The second kappa shape index (κ2) is 9.39. The van der Waals surface area contributed by atoms with Gasteiger partial charge in [-0.05, 0) is 56.5 Å². The molecule has 1 atom stereocenters. The van der Waals surface area contributed by atoms with Crippen LogP contribution in [0.4, 0.5) is 10.2 Å². The molecule has 29 heavy (non-hydrogen) atoms. The van der Waals surface area contributed by atoms with Gasteiger partial charge in [-0.3, -0.25) is 9.69 Å². The maximum absolute atomic E-state index is 13.0. The van der Waals surface area contributed by atoms with Crippen molar-refractivity contribution in [2.45, 2.75) is 44.6 Å². The van der Waals surface area contributed by atoms with Crippen LogP contribution in [0.3, 0.4) is 0 Å². The third-order valence-electron chi connectivity index (χ3n) is 5.88. The van der Waals surface area contributed by atoms with E-state index >= 15 is 0 Å². The van der Waals surface area contributed by atoms with Gasteiger partial charge in [-0.25, -0.2) is 9.07 Å². The SMILES string of the molecule is O=C(CN1CCCC(COc2ccc(F)cc2)C1)Nc1ccnn1C1CCCC1. The number of piperidine rings is 1. The Morgan fingerprint density at radius 2 is 1.93 bits per heavy atom. The number of carbonyl (C=O) groups excluding carboxylic acids is 1. The fourth-order valence-electron chi connectivity index (χ4n) is 4.41. The van der Waals surface area contributed by atoms with Crippen LogP contribution in [0, 0.1) is 11.7 Å². The molecule has 1 aliphatic heterocycles. The van der Waals surface area contributed by atoms with Crippen molar-refractivity contribution in [3.63, 3.8) is 0 Å². The number of hydrogen-bond donors (Lipinski definition) is 1. The van der Waals surface area contributed by atoms with Crippen molar-refractivity contribution in [2.75, 3.05) is 31.6 Å². The van der Waals surface area contributed by atoms with Crippen LogP contribution in [0.1, 0.15) is 44.6 Å². The molecule has 0 radical (unpaired) electrons. The molecule has 2 aliphatic rings. The second-order valence-electron chi connectivity index (χ2n) is 8.16. The molecule has 1 saturated heterocycles. The number of anilines is 1. The zero-order valence-electron chi connectivity index (χ0n) is 16.7. The van der Waals surface area contributed by atoms with Gasteiger partial charge in [-0.2, -0.15) is 5.10 Å². The fraction of sp³-hybridized carbons (Fsp3) is 0.545. The van der Waals surface area contributed by atoms with Crippen molar-refractivity contribution >= 4 is 11.7 Å². The molecule has 2 heterocycles. The lowest BCUT2D eigenvalue weighted by Gasteiger charge is -2.32. The van der Waals surface area contributed by atoms with Crippen LogP contribution < -0.4 is 10.1 Å². The summed E-state index contributed by atoms with van der Waals surface area (Å²) in [6.45, 7) is 2.71. The predicted octanol–water partition coefficient (Wildman–Crippen LogP) is 3.87. The number of aromatic nitrogens is 2. The molecule has 1 aromatic heterocycles. The maximum Gasteiger partial charge on any atom is 0.239 e. The van der Waals surface area contributed by atoms with Crippen LogP contribution in [0.5, 0.6) is 5.75 Å². The number of nitrogens with zero attached hydrogens (tertiary/aromatic N) is 3. The van der Waals surface area contributed by atoms with E-state index in [1.807, 2.05) is 10.7 Å². The highest BCUT2D eigenvalue weighted by Crippen LogP contribution is 2.31. The molecule has 1 N–H and O–H groups in total. The average Bonchev–Trinajstić information content (AvgIpc) is 3.39. The first kappa shape index (κ1) is 19.9. The lowest BCUT2D eigenvalue weighted by atomic mass is 9.99. The third kappa shape index (κ3) is 5.35. The van der Waals surface area contributed by atoms with Gasteiger partial charge < -0.3 is 10.1 Å². The number of ether oxygens (including phenoxy) is 1. The van der Waals surface area contributed by atoms with E-state index in [-0.39, 0.29) is 11.7 Å². The molecule has 4 rings (SSSR count). The van der Waals surface area contributed by atoms with Crippen LogP contribution in [0.25, 0.3) is 0 Å². The monoisotopic (exact) mass is 400 g/mol. The molecular formula is C22H29FN4O2. The highest BCUT2D eigenvalue weighted by atomic mass is 19.1. The lowest BCUT2D eigenvalue weighted by Crippen LogP contribution is -2.42. The Hall–Kier alpha value is -2.41. The molecule has 1 aliphatic carbocycles. The Labute approximate surface area is 171 Å². The number of benzene rings is 1. The van der Waals surface area contributed by atoms with E-state index in [9.17, 15) is 9.18 Å². The first-order chi connectivity index (χ1) is 14.2. The fourth-order valence-corrected chi connectivity index (χ4v) is 4.41. The number of rotatable bonds is 7. The molecule has 0 spiro atoms. The van der Waals surface area contributed by atoms with E-state index in [1.165, 1.54) is 25.0 Å². The van der Waals surface area contributed by atoms with E-state index in [0.717, 1.165) is 44.6 Å². The van der Waals surface area contributed by atoms with Gasteiger partial charge in [-0.1, -0.05) is 12.8 Å². The summed E-state index contributed by atoms with van der Waals surface area (Å²) in [5.41, 5.74) is 0. The van der Waals surface area contributed by atoms with E-state index in [4.69, 9.17) is 4.74 Å². The van der Waals surface area contributed by atoms with Gasteiger partial charge >= 0.3 is 0 Å². The highest BCUT2D eigenvalue weighted by molar-refractivity contribution is 5.91. The van der Waals surface area contributed by atoms with E-state index in [0.29, 0.717) is 30.9 Å². The van der Waals surface area contributed by atoms with Crippen LogP contribution >= 0.6 is 0 Å². The van der Waals surface area contributed by atoms with Gasteiger partial charge in [0.25, 0.3) is 0 Å². The summed E-state index contributed by atoms with van der Waals surface area (Å²) >= 11 is 0. The number of carbonyl (C=O) groups is 1. The molecule has 2 fully saturated rings. The van der Waals surface area contributed by atoms with Gasteiger partial charge in [-0.15, -0.1) is 0 Å². The first-order valence-corrected chi connectivity index (χ1v) is 10.6. The lowest BCUT2D eigenvalue weighted by molar-refractivity contribution is -0.117. The number of amides is 1. The van der Waals surface area contributed by atoms with Crippen molar-refractivity contribution in [1.82, 2.24) is 14.7 Å². The van der Waals surface area contributed by atoms with Gasteiger partial charge in [0.1, 0.15) is 17.4 Å². The molecule has 7 heteroatoms. The van der Waals surface area contributed by atoms with Crippen LogP contribution in [0.2, 0.25) is 0 Å². The second-order valence-corrected chi connectivity index (χ2v) is 8.16. The standard InChI is InChI=1S/C22H29FN4O2/c23-18-7-9-20(10-8-18)29-16-17-4-3-13-26(14-17)15-22(28)25-21-11-12-24-27(21)19-5-1-2-6-19/h7-12,17,19H,1-6,13-16H2,(H,25,28). The molecule has 156 valence electrons. The molecule has 2 aromatic rings. The summed E-state index contributed by atoms with van der Waals surface area (Å²) in [4.78, 5) is 14.8. The zero-order valence-corrected chi connectivity index (χ0v) is 16.7. The minimum Gasteiger partial charge on any atom is -0.493 e. The van der Waals surface area contributed by atoms with Crippen molar-refractivity contribution in [3.8, 4) is 5.75 Å². The summed E-state index contributed by atoms with van der Waals surface area (Å²) in [7, 11) is 0. The smallest absolute Gasteiger partial charge is 0.239 e. The van der Waals surface area contributed by atoms with Gasteiger partial charge in [0.15, 0.2) is 0 Å². The third-order valence-corrected chi connectivity index (χ3v) is 5.88. The number of halogens is 1. The molecule has 0 bridgehead atoms. The Morgan fingerprint density at radius 3 is 2.72 bits per heavy atom. The summed E-state index contributed by atoms with van der Waals surface area (Å²) < 4.78 is 20.8. The average molecular weight is 400 g/mol. The van der Waals surface area contributed by atoms with Gasteiger partial charge in [0.05, 0.1) is 25.4 Å². The quantitative estimate of drug-likeness (QED) is 0.767. The minimum atomic E-state index is -0.263. The molecule has 1 amide bonds. The highest BCUT2D eigenvalue weighted by Gasteiger charge is 2.24. The number of likely N-dealkylation sites (tertiary alicyclic amines) is 1. The molecular weight excluding hydrogens is 371 g/mol. The van der Waals surface area contributed by atoms with Gasteiger partial charge in [0, 0.05) is 18.5 Å². The van der Waals surface area contributed by atoms with Crippen LogP contribution in [0.15, 0.2) is 36.5 Å². The number of nitrogens with one attached hydrogen (secondary N) is 1. The van der Waals surface area contributed by atoms with Crippen molar-refractivity contribution in [3.05, 3.63) is 42.3 Å². The topological polar surface area (TPSA) is 59.4 Å². The van der Waals surface area contributed by atoms with Crippen molar-refractivity contribution in [1.29, 1.82) is 0 Å². The summed E-state index contributed by atoms with van der Waals surface area (Å²) in [6, 6.07) is 8.40. The van der Waals surface area contributed by atoms with E-state index in [1.54, 1.807) is 18.3 Å². The normalized spacial score (nSPS) is 20.7. The Morgan fingerprint density at radius 1 is 1.14 bits per heavy atom. The van der Waals surface area contributed by atoms with E-state index in [2.05, 4.69) is 15.3 Å².